The zero-order valence-electron chi connectivity index (χ0n) is 15.3. The van der Waals surface area contributed by atoms with Gasteiger partial charge in [0.2, 0.25) is 0 Å². The van der Waals surface area contributed by atoms with Crippen LogP contribution in [0.5, 0.6) is 5.75 Å². The topological polar surface area (TPSA) is 24.8 Å². The van der Waals surface area contributed by atoms with Crippen molar-refractivity contribution in [2.45, 2.75) is 12.5 Å². The zero-order valence-corrected chi connectivity index (χ0v) is 15.3. The lowest BCUT2D eigenvalue weighted by molar-refractivity contribution is 0.414. The van der Waals surface area contributed by atoms with Crippen LogP contribution >= 0.6 is 0 Å². The number of methoxy groups -OCH3 is 1. The molecule has 1 unspecified atom stereocenters. The first-order chi connectivity index (χ1) is 13.3. The fourth-order valence-corrected chi connectivity index (χ4v) is 3.29. The Morgan fingerprint density at radius 1 is 0.852 bits per heavy atom. The van der Waals surface area contributed by atoms with Crippen LogP contribution in [0.15, 0.2) is 96.1 Å². The molecule has 3 heteroatoms. The molecular formula is C24H22N2O. The van der Waals surface area contributed by atoms with Gasteiger partial charge >= 0.3 is 0 Å². The summed E-state index contributed by atoms with van der Waals surface area (Å²) in [4.78, 5) is 0. The zero-order chi connectivity index (χ0) is 18.5. The Kier molecular flexibility index (Phi) is 5.01. The number of hydrogen-bond acceptors (Lipinski definition) is 3. The molecule has 0 radical (unpaired) electrons. The predicted molar refractivity (Wildman–Crippen MR) is 112 cm³/mol. The van der Waals surface area contributed by atoms with E-state index in [1.165, 1.54) is 11.1 Å². The van der Waals surface area contributed by atoms with Gasteiger partial charge in [0, 0.05) is 6.42 Å². The van der Waals surface area contributed by atoms with Crippen LogP contribution in [-0.2, 0) is 0 Å². The van der Waals surface area contributed by atoms with E-state index in [9.17, 15) is 0 Å². The van der Waals surface area contributed by atoms with Gasteiger partial charge in [-0.1, -0.05) is 66.7 Å². The third kappa shape index (κ3) is 3.93. The van der Waals surface area contributed by atoms with Crippen molar-refractivity contribution in [2.75, 3.05) is 12.1 Å². The molecule has 0 saturated carbocycles. The maximum atomic E-state index is 5.30. The first-order valence-corrected chi connectivity index (χ1v) is 9.12. The molecule has 0 fully saturated rings. The van der Waals surface area contributed by atoms with Crippen LogP contribution < -0.4 is 9.75 Å². The number of anilines is 1. The minimum Gasteiger partial charge on any atom is -0.497 e. The van der Waals surface area contributed by atoms with E-state index >= 15 is 0 Å². The van der Waals surface area contributed by atoms with Gasteiger partial charge in [0.25, 0.3) is 0 Å². The minimum atomic E-state index is 0.175. The van der Waals surface area contributed by atoms with Crippen molar-refractivity contribution in [1.29, 1.82) is 0 Å². The number of allylic oxidation sites excluding steroid dienone is 1. The highest BCUT2D eigenvalue weighted by Crippen LogP contribution is 2.36. The molecule has 0 spiro atoms. The second kappa shape index (κ2) is 7.92. The van der Waals surface area contributed by atoms with Gasteiger partial charge in [0.1, 0.15) is 5.75 Å². The van der Waals surface area contributed by atoms with Gasteiger partial charge in [-0.25, -0.2) is 0 Å². The lowest BCUT2D eigenvalue weighted by atomic mass is 10.0. The van der Waals surface area contributed by atoms with Crippen LogP contribution in [0.1, 0.15) is 23.6 Å². The predicted octanol–water partition coefficient (Wildman–Crippen LogP) is 5.72. The maximum absolute atomic E-state index is 5.30. The molecule has 3 nitrogen and oxygen atoms in total. The first kappa shape index (κ1) is 17.1. The van der Waals surface area contributed by atoms with Crippen molar-refractivity contribution >= 4 is 17.5 Å². The Labute approximate surface area is 160 Å². The molecule has 27 heavy (non-hydrogen) atoms. The minimum absolute atomic E-state index is 0.175. The highest BCUT2D eigenvalue weighted by atomic mass is 16.5. The van der Waals surface area contributed by atoms with E-state index in [0.29, 0.717) is 0 Å². The monoisotopic (exact) mass is 354 g/mol. The molecule has 3 aromatic rings. The fraction of sp³-hybridized carbons (Fsp3) is 0.125. The lowest BCUT2D eigenvalue weighted by Gasteiger charge is -2.24. The van der Waals surface area contributed by atoms with E-state index in [4.69, 9.17) is 9.84 Å². The molecule has 3 aromatic carbocycles. The van der Waals surface area contributed by atoms with Crippen LogP contribution in [0.3, 0.4) is 0 Å². The number of hydrogen-bond donors (Lipinski definition) is 0. The first-order valence-electron chi connectivity index (χ1n) is 9.12. The molecule has 0 amide bonds. The summed E-state index contributed by atoms with van der Waals surface area (Å²) >= 11 is 0. The van der Waals surface area contributed by atoms with Gasteiger partial charge in [0.15, 0.2) is 0 Å². The van der Waals surface area contributed by atoms with Gasteiger partial charge in [-0.3, -0.25) is 5.01 Å². The molecule has 1 aliphatic heterocycles. The highest BCUT2D eigenvalue weighted by molar-refractivity contribution is 6.01. The SMILES string of the molecule is COc1ccc(C2CC(/C=C/c3ccccc3)=NN2c2ccccc2)cc1. The number of ether oxygens (including phenoxy) is 1. The molecule has 0 N–H and O–H groups in total. The average molecular weight is 354 g/mol. The second-order valence-corrected chi connectivity index (χ2v) is 6.51. The van der Waals surface area contributed by atoms with Crippen molar-refractivity contribution in [2.24, 2.45) is 5.10 Å². The van der Waals surface area contributed by atoms with Gasteiger partial charge in [-0.2, -0.15) is 5.10 Å². The van der Waals surface area contributed by atoms with Gasteiger partial charge in [0.05, 0.1) is 24.6 Å². The van der Waals surface area contributed by atoms with E-state index in [1.807, 2.05) is 48.5 Å². The fourth-order valence-electron chi connectivity index (χ4n) is 3.29. The normalized spacial score (nSPS) is 16.6. The van der Waals surface area contributed by atoms with E-state index in [1.54, 1.807) is 7.11 Å². The largest absolute Gasteiger partial charge is 0.497 e. The van der Waals surface area contributed by atoms with Crippen molar-refractivity contribution in [3.05, 3.63) is 102 Å². The second-order valence-electron chi connectivity index (χ2n) is 6.51. The van der Waals surface area contributed by atoms with E-state index in [0.717, 1.165) is 23.6 Å². The van der Waals surface area contributed by atoms with E-state index in [-0.39, 0.29) is 6.04 Å². The average Bonchev–Trinajstić information content (AvgIpc) is 3.18. The van der Waals surface area contributed by atoms with Crippen LogP contribution in [0.25, 0.3) is 6.08 Å². The van der Waals surface area contributed by atoms with Crippen LogP contribution in [0, 0.1) is 0 Å². The molecule has 4 rings (SSSR count). The molecule has 1 aliphatic rings. The molecule has 0 aliphatic carbocycles. The molecule has 134 valence electrons. The number of nitrogens with zero attached hydrogens (tertiary/aromatic N) is 2. The Bertz CT molecular complexity index is 931. The summed E-state index contributed by atoms with van der Waals surface area (Å²) in [6, 6.07) is 29.1. The van der Waals surface area contributed by atoms with Crippen LogP contribution in [-0.4, -0.2) is 12.8 Å². The standard InChI is InChI=1S/C24H22N2O/c1-27-23-16-13-20(14-17-23)24-18-21(15-12-19-8-4-2-5-9-19)25-26(24)22-10-6-3-7-11-22/h2-17,24H,18H2,1H3/b15-12+. The molecule has 0 bridgehead atoms. The highest BCUT2D eigenvalue weighted by Gasteiger charge is 2.28. The summed E-state index contributed by atoms with van der Waals surface area (Å²) in [6.07, 6.45) is 5.11. The Balaban J connectivity index is 1.63. The van der Waals surface area contributed by atoms with Gasteiger partial charge < -0.3 is 4.74 Å². The molecule has 0 saturated heterocycles. The Hall–Kier alpha value is -3.33. The molecule has 1 heterocycles. The quantitative estimate of drug-likeness (QED) is 0.586. The van der Waals surface area contributed by atoms with Crippen molar-refractivity contribution < 1.29 is 4.74 Å². The summed E-state index contributed by atoms with van der Waals surface area (Å²) in [7, 11) is 1.69. The van der Waals surface area contributed by atoms with Crippen LogP contribution in [0.4, 0.5) is 5.69 Å². The molecule has 1 atom stereocenters. The van der Waals surface area contributed by atoms with Crippen molar-refractivity contribution in [1.82, 2.24) is 0 Å². The molecular weight excluding hydrogens is 332 g/mol. The third-order valence-corrected chi connectivity index (χ3v) is 4.72. The lowest BCUT2D eigenvalue weighted by Crippen LogP contribution is -2.18. The van der Waals surface area contributed by atoms with E-state index < -0.39 is 0 Å². The maximum Gasteiger partial charge on any atom is 0.118 e. The third-order valence-electron chi connectivity index (χ3n) is 4.72. The number of hydrazone groups is 1. The van der Waals surface area contributed by atoms with Gasteiger partial charge in [-0.15, -0.1) is 0 Å². The summed E-state index contributed by atoms with van der Waals surface area (Å²) < 4.78 is 5.30. The number of rotatable bonds is 5. The van der Waals surface area contributed by atoms with E-state index in [2.05, 4.69) is 53.6 Å². The van der Waals surface area contributed by atoms with Gasteiger partial charge in [-0.05, 0) is 41.5 Å². The summed E-state index contributed by atoms with van der Waals surface area (Å²) in [5.41, 5.74) is 4.58. The number of para-hydroxylation sites is 1. The summed E-state index contributed by atoms with van der Waals surface area (Å²) in [5.74, 6) is 0.869. The summed E-state index contributed by atoms with van der Waals surface area (Å²) in [5, 5.41) is 7.02. The van der Waals surface area contributed by atoms with Crippen molar-refractivity contribution in [3.8, 4) is 5.75 Å². The Morgan fingerprint density at radius 3 is 2.19 bits per heavy atom. The summed E-state index contributed by atoms with van der Waals surface area (Å²) in [6.45, 7) is 0. The van der Waals surface area contributed by atoms with Crippen molar-refractivity contribution in [3.63, 3.8) is 0 Å². The smallest absolute Gasteiger partial charge is 0.118 e. The van der Waals surface area contributed by atoms with Crippen LogP contribution in [0.2, 0.25) is 0 Å². The Morgan fingerprint density at radius 2 is 1.52 bits per heavy atom. The number of benzene rings is 3. The molecule has 0 aromatic heterocycles.